The maximum Gasteiger partial charge on any atom is 0.433 e. The van der Waals surface area contributed by atoms with Gasteiger partial charge in [0.25, 0.3) is 5.91 Å². The van der Waals surface area contributed by atoms with Crippen molar-refractivity contribution in [1.82, 2.24) is 29.9 Å². The van der Waals surface area contributed by atoms with E-state index >= 15 is 0 Å². The van der Waals surface area contributed by atoms with Gasteiger partial charge in [0.1, 0.15) is 23.2 Å². The lowest BCUT2D eigenvalue weighted by atomic mass is 9.89. The fourth-order valence-electron chi connectivity index (χ4n) is 7.59. The summed E-state index contributed by atoms with van der Waals surface area (Å²) in [6, 6.07) is 14.3. The standard InChI is InChI=1S/C40H45F3N8O5/c1-24(2)56-34-21-32-27(20-33(34)46-38(54)30-4-3-5-35(45-30)40(41,42)43)22-51(48-32)29-14-16-49(17-15-29)23-37(53)50-18-12-26(13-19-50)25-6-8-28(9-7-25)44-31-10-11-36(52)47-39(31)55/h3-9,20-22,24,26,29,31,44H,10-19,23H2,1-2H3,(H,46,54)(H,47,52,55). The number of pyridine rings is 1. The Bertz CT molecular complexity index is 2090. The first-order chi connectivity index (χ1) is 26.8. The lowest BCUT2D eigenvalue weighted by Crippen LogP contribution is -2.47. The Hall–Kier alpha value is -5.51. The van der Waals surface area contributed by atoms with Gasteiger partial charge in [0.05, 0.1) is 29.9 Å². The number of hydrogen-bond donors (Lipinski definition) is 3. The van der Waals surface area contributed by atoms with Gasteiger partial charge in [-0.1, -0.05) is 18.2 Å². The largest absolute Gasteiger partial charge is 0.489 e. The van der Waals surface area contributed by atoms with Crippen molar-refractivity contribution in [3.8, 4) is 5.75 Å². The third-order valence-electron chi connectivity index (χ3n) is 10.6. The van der Waals surface area contributed by atoms with E-state index in [4.69, 9.17) is 9.84 Å². The van der Waals surface area contributed by atoms with Gasteiger partial charge in [-0.3, -0.25) is 34.1 Å². The number of rotatable bonds is 10. The molecule has 7 rings (SSSR count). The Balaban J connectivity index is 0.906. The summed E-state index contributed by atoms with van der Waals surface area (Å²) in [5, 5.41) is 13.8. The monoisotopic (exact) mass is 774 g/mol. The Kier molecular flexibility index (Phi) is 11.3. The summed E-state index contributed by atoms with van der Waals surface area (Å²) in [6.07, 6.45) is 1.08. The minimum atomic E-state index is -4.68. The maximum atomic E-state index is 13.3. The van der Waals surface area contributed by atoms with E-state index in [1.54, 1.807) is 12.1 Å². The van der Waals surface area contributed by atoms with Gasteiger partial charge in [-0.15, -0.1) is 0 Å². The molecule has 4 aromatic rings. The number of piperidine rings is 3. The van der Waals surface area contributed by atoms with Crippen molar-refractivity contribution in [3.63, 3.8) is 0 Å². The second kappa shape index (κ2) is 16.3. The summed E-state index contributed by atoms with van der Waals surface area (Å²) in [4.78, 5) is 57.5. The van der Waals surface area contributed by atoms with Crippen LogP contribution >= 0.6 is 0 Å². The molecule has 0 spiro atoms. The van der Waals surface area contributed by atoms with Crippen LogP contribution in [0.15, 0.2) is 60.8 Å². The van der Waals surface area contributed by atoms with Gasteiger partial charge < -0.3 is 20.3 Å². The highest BCUT2D eigenvalue weighted by molar-refractivity contribution is 6.05. The number of ether oxygens (including phenoxy) is 1. The molecule has 16 heteroatoms. The zero-order valence-electron chi connectivity index (χ0n) is 31.3. The summed E-state index contributed by atoms with van der Waals surface area (Å²) in [5.41, 5.74) is 1.46. The molecule has 0 radical (unpaired) electrons. The van der Waals surface area contributed by atoms with E-state index in [9.17, 15) is 32.3 Å². The molecule has 296 valence electrons. The Morgan fingerprint density at radius 3 is 2.38 bits per heavy atom. The van der Waals surface area contributed by atoms with E-state index < -0.39 is 23.8 Å². The van der Waals surface area contributed by atoms with Gasteiger partial charge >= 0.3 is 6.18 Å². The minimum absolute atomic E-state index is 0.0944. The SMILES string of the molecule is CC(C)Oc1cc2nn(C3CCN(CC(=O)N4CCC(c5ccc(NC6CCC(=O)NC6=O)cc5)CC4)CC3)cc2cc1NC(=O)c1cccc(C(F)(F)F)n1. The molecule has 2 aromatic heterocycles. The number of imide groups is 1. The van der Waals surface area contributed by atoms with Gasteiger partial charge in [-0.2, -0.15) is 18.3 Å². The second-order valence-corrected chi connectivity index (χ2v) is 15.0. The zero-order chi connectivity index (χ0) is 39.6. The Morgan fingerprint density at radius 2 is 1.70 bits per heavy atom. The first-order valence-electron chi connectivity index (χ1n) is 19.0. The normalized spacial score (nSPS) is 19.0. The van der Waals surface area contributed by atoms with E-state index in [0.29, 0.717) is 55.3 Å². The highest BCUT2D eigenvalue weighted by atomic mass is 19.4. The molecular weight excluding hydrogens is 729 g/mol. The van der Waals surface area contributed by atoms with Gasteiger partial charge in [-0.05, 0) is 87.8 Å². The number of amides is 4. The minimum Gasteiger partial charge on any atom is -0.489 e. The predicted octanol–water partition coefficient (Wildman–Crippen LogP) is 5.75. The van der Waals surface area contributed by atoms with Crippen LogP contribution in [0.25, 0.3) is 10.9 Å². The number of alkyl halides is 3. The van der Waals surface area contributed by atoms with E-state index in [1.807, 2.05) is 41.8 Å². The molecule has 13 nitrogen and oxygen atoms in total. The lowest BCUT2D eigenvalue weighted by Gasteiger charge is -2.36. The number of hydrogen-bond acceptors (Lipinski definition) is 9. The van der Waals surface area contributed by atoms with Crippen LogP contribution in [0, 0.1) is 0 Å². The summed E-state index contributed by atoms with van der Waals surface area (Å²) < 4.78 is 47.5. The number of benzene rings is 2. The number of anilines is 2. The van der Waals surface area contributed by atoms with Crippen LogP contribution < -0.4 is 20.7 Å². The average molecular weight is 775 g/mol. The third kappa shape index (κ3) is 9.12. The van der Waals surface area contributed by atoms with Crippen molar-refractivity contribution in [2.45, 2.75) is 82.7 Å². The second-order valence-electron chi connectivity index (χ2n) is 15.0. The van der Waals surface area contributed by atoms with Crippen molar-refractivity contribution in [1.29, 1.82) is 0 Å². The molecule has 2 aromatic carbocycles. The molecule has 3 fully saturated rings. The topological polar surface area (TPSA) is 151 Å². The highest BCUT2D eigenvalue weighted by Gasteiger charge is 2.33. The number of carbonyl (C=O) groups is 4. The first kappa shape index (κ1) is 38.8. The van der Waals surface area contributed by atoms with E-state index in [0.717, 1.165) is 62.0 Å². The van der Waals surface area contributed by atoms with Crippen LogP contribution in [-0.4, -0.2) is 93.1 Å². The molecule has 3 N–H and O–H groups in total. The van der Waals surface area contributed by atoms with Crippen molar-refractivity contribution in [2.75, 3.05) is 43.4 Å². The number of halogens is 3. The molecule has 56 heavy (non-hydrogen) atoms. The fraction of sp³-hybridized carbons (Fsp3) is 0.450. The summed E-state index contributed by atoms with van der Waals surface area (Å²) in [7, 11) is 0. The van der Waals surface area contributed by atoms with Crippen molar-refractivity contribution >= 4 is 45.9 Å². The molecule has 0 aliphatic carbocycles. The average Bonchev–Trinajstić information content (AvgIpc) is 3.59. The molecule has 1 atom stereocenters. The van der Waals surface area contributed by atoms with Gasteiger partial charge in [0.15, 0.2) is 0 Å². The van der Waals surface area contributed by atoms with E-state index in [2.05, 4.69) is 38.0 Å². The third-order valence-corrected chi connectivity index (χ3v) is 10.6. The molecule has 0 saturated carbocycles. The van der Waals surface area contributed by atoms with Crippen molar-refractivity contribution in [2.24, 2.45) is 0 Å². The maximum absolute atomic E-state index is 13.3. The van der Waals surface area contributed by atoms with Gasteiger partial charge in [0, 0.05) is 55.9 Å². The number of likely N-dealkylation sites (tertiary alicyclic amines) is 2. The summed E-state index contributed by atoms with van der Waals surface area (Å²) in [5.74, 6) is -0.522. The number of nitrogens with one attached hydrogen (secondary N) is 3. The quantitative estimate of drug-likeness (QED) is 0.171. The number of nitrogens with zero attached hydrogens (tertiary/aromatic N) is 5. The number of carbonyl (C=O) groups excluding carboxylic acids is 4. The molecule has 1 unspecified atom stereocenters. The molecule has 5 heterocycles. The van der Waals surface area contributed by atoms with E-state index in [-0.39, 0.29) is 35.6 Å². The fourth-order valence-corrected chi connectivity index (χ4v) is 7.59. The Morgan fingerprint density at radius 1 is 0.964 bits per heavy atom. The van der Waals surface area contributed by atoms with Crippen LogP contribution in [0.1, 0.15) is 86.1 Å². The summed E-state index contributed by atoms with van der Waals surface area (Å²) >= 11 is 0. The molecule has 3 aliphatic rings. The van der Waals surface area contributed by atoms with Crippen LogP contribution in [-0.2, 0) is 20.6 Å². The van der Waals surface area contributed by atoms with Crippen LogP contribution in [0.3, 0.4) is 0 Å². The number of fused-ring (bicyclic) bond motifs is 1. The molecule has 4 amide bonds. The van der Waals surface area contributed by atoms with Gasteiger partial charge in [0.2, 0.25) is 17.7 Å². The van der Waals surface area contributed by atoms with Crippen molar-refractivity contribution in [3.05, 3.63) is 77.7 Å². The predicted molar refractivity (Wildman–Crippen MR) is 202 cm³/mol. The van der Waals surface area contributed by atoms with Crippen LogP contribution in [0.4, 0.5) is 24.5 Å². The molecule has 0 bridgehead atoms. The lowest BCUT2D eigenvalue weighted by molar-refractivity contribution is -0.141. The van der Waals surface area contributed by atoms with Crippen LogP contribution in [0.2, 0.25) is 0 Å². The van der Waals surface area contributed by atoms with Gasteiger partial charge in [-0.25, -0.2) is 4.98 Å². The van der Waals surface area contributed by atoms with Crippen LogP contribution in [0.5, 0.6) is 5.75 Å². The zero-order valence-corrected chi connectivity index (χ0v) is 31.3. The first-order valence-corrected chi connectivity index (χ1v) is 19.0. The van der Waals surface area contributed by atoms with Crippen molar-refractivity contribution < 1.29 is 37.1 Å². The Labute approximate surface area is 321 Å². The molecular formula is C40H45F3N8O5. The smallest absolute Gasteiger partial charge is 0.433 e. The molecule has 3 saturated heterocycles. The highest BCUT2D eigenvalue weighted by Crippen LogP contribution is 2.34. The number of aromatic nitrogens is 3. The summed E-state index contributed by atoms with van der Waals surface area (Å²) in [6.45, 7) is 6.87. The van der Waals surface area contributed by atoms with E-state index in [1.165, 1.54) is 11.6 Å². The molecule has 3 aliphatic heterocycles.